The van der Waals surface area contributed by atoms with Crippen molar-refractivity contribution in [2.24, 2.45) is 0 Å². The number of nitrogens with one attached hydrogen (secondary N) is 1. The number of rotatable bonds is 6. The highest BCUT2D eigenvalue weighted by molar-refractivity contribution is 9.10. The van der Waals surface area contributed by atoms with E-state index in [4.69, 9.17) is 11.6 Å². The molecular weight excluding hydrogens is 327 g/mol. The van der Waals surface area contributed by atoms with Gasteiger partial charge in [-0.3, -0.25) is 0 Å². The summed E-state index contributed by atoms with van der Waals surface area (Å²) in [7, 11) is 0. The first-order chi connectivity index (χ1) is 8.47. The lowest BCUT2D eigenvalue weighted by Gasteiger charge is -2.20. The summed E-state index contributed by atoms with van der Waals surface area (Å²) in [4.78, 5) is 0. The van der Waals surface area contributed by atoms with Gasteiger partial charge in [0.15, 0.2) is 5.75 Å². The summed E-state index contributed by atoms with van der Waals surface area (Å²) in [6, 6.07) is 3.30. The molecule has 0 heterocycles. The van der Waals surface area contributed by atoms with Gasteiger partial charge >= 0.3 is 6.61 Å². The van der Waals surface area contributed by atoms with Crippen LogP contribution in [0, 0.1) is 0 Å². The fourth-order valence-corrected chi connectivity index (χ4v) is 2.49. The van der Waals surface area contributed by atoms with E-state index in [9.17, 15) is 8.78 Å². The minimum atomic E-state index is -2.87. The minimum Gasteiger partial charge on any atom is -0.431 e. The molecule has 6 heteroatoms. The van der Waals surface area contributed by atoms with Crippen molar-refractivity contribution < 1.29 is 13.5 Å². The van der Waals surface area contributed by atoms with Gasteiger partial charge in [0.25, 0.3) is 0 Å². The molecule has 1 N–H and O–H groups in total. The van der Waals surface area contributed by atoms with Crippen LogP contribution in [0.1, 0.15) is 26.7 Å². The highest BCUT2D eigenvalue weighted by Crippen LogP contribution is 2.38. The average Bonchev–Trinajstić information content (AvgIpc) is 2.29. The third kappa shape index (κ3) is 4.28. The number of halogens is 4. The molecule has 0 aliphatic rings. The maximum Gasteiger partial charge on any atom is 0.387 e. The molecule has 0 aliphatic heterocycles. The Balaban J connectivity index is 3.06. The van der Waals surface area contributed by atoms with Gasteiger partial charge in [0, 0.05) is 11.1 Å². The molecule has 1 rings (SSSR count). The van der Waals surface area contributed by atoms with Gasteiger partial charge in [-0.2, -0.15) is 8.78 Å². The monoisotopic (exact) mass is 341 g/mol. The Morgan fingerprint density at radius 3 is 2.44 bits per heavy atom. The molecule has 2 nitrogen and oxygen atoms in total. The standard InChI is InChI=1S/C12H15BrClF2NO/c1-3-8(4-2)17-10-6-7(14)5-9(13)11(10)18-12(15)16/h5-6,8,12,17H,3-4H2,1-2H3. The molecule has 0 atom stereocenters. The van der Waals surface area contributed by atoms with Crippen LogP contribution in [0.5, 0.6) is 5.75 Å². The van der Waals surface area contributed by atoms with Crippen molar-refractivity contribution in [3.05, 3.63) is 21.6 Å². The summed E-state index contributed by atoms with van der Waals surface area (Å²) in [5.41, 5.74) is 0.475. The van der Waals surface area contributed by atoms with Gasteiger partial charge < -0.3 is 10.1 Å². The smallest absolute Gasteiger partial charge is 0.387 e. The molecule has 0 radical (unpaired) electrons. The topological polar surface area (TPSA) is 21.3 Å². The zero-order chi connectivity index (χ0) is 13.7. The van der Waals surface area contributed by atoms with Crippen LogP contribution < -0.4 is 10.1 Å². The molecule has 0 bridgehead atoms. The Kier molecular flexibility index (Phi) is 6.15. The first kappa shape index (κ1) is 15.5. The first-order valence-electron chi connectivity index (χ1n) is 5.68. The Hall–Kier alpha value is -0.550. The predicted octanol–water partition coefficient (Wildman–Crippen LogP) is 5.30. The van der Waals surface area contributed by atoms with E-state index in [1.165, 1.54) is 6.07 Å². The third-order valence-electron chi connectivity index (χ3n) is 2.56. The van der Waals surface area contributed by atoms with Crippen LogP contribution in [0.4, 0.5) is 14.5 Å². The van der Waals surface area contributed by atoms with Crippen LogP contribution >= 0.6 is 27.5 Å². The Morgan fingerprint density at radius 2 is 1.94 bits per heavy atom. The lowest BCUT2D eigenvalue weighted by Crippen LogP contribution is -2.18. The average molecular weight is 343 g/mol. The van der Waals surface area contributed by atoms with E-state index < -0.39 is 6.61 Å². The van der Waals surface area contributed by atoms with Crippen molar-refractivity contribution >= 4 is 33.2 Å². The predicted molar refractivity (Wildman–Crippen MR) is 73.8 cm³/mol. The van der Waals surface area contributed by atoms with Crippen molar-refractivity contribution in [2.45, 2.75) is 39.3 Å². The molecular formula is C12H15BrClF2NO. The lowest BCUT2D eigenvalue weighted by molar-refractivity contribution is -0.0498. The van der Waals surface area contributed by atoms with Crippen LogP contribution in [0.3, 0.4) is 0 Å². The van der Waals surface area contributed by atoms with Gasteiger partial charge in [0.1, 0.15) is 0 Å². The van der Waals surface area contributed by atoms with Crippen molar-refractivity contribution in [1.29, 1.82) is 0 Å². The van der Waals surface area contributed by atoms with E-state index in [-0.39, 0.29) is 11.8 Å². The second-order valence-electron chi connectivity index (χ2n) is 3.80. The van der Waals surface area contributed by atoms with Crippen molar-refractivity contribution in [1.82, 2.24) is 0 Å². The molecule has 0 spiro atoms. The summed E-state index contributed by atoms with van der Waals surface area (Å²) in [6.07, 6.45) is 1.77. The number of alkyl halides is 2. The van der Waals surface area contributed by atoms with E-state index in [1.54, 1.807) is 6.07 Å². The number of hydrogen-bond donors (Lipinski definition) is 1. The third-order valence-corrected chi connectivity index (χ3v) is 3.37. The molecule has 18 heavy (non-hydrogen) atoms. The van der Waals surface area contributed by atoms with Crippen LogP contribution in [-0.2, 0) is 0 Å². The molecule has 0 aliphatic carbocycles. The molecule has 102 valence electrons. The van der Waals surface area contributed by atoms with Gasteiger partial charge in [0.2, 0.25) is 0 Å². The van der Waals surface area contributed by atoms with Gasteiger partial charge in [-0.15, -0.1) is 0 Å². The molecule has 0 saturated carbocycles. The zero-order valence-electron chi connectivity index (χ0n) is 10.1. The van der Waals surface area contributed by atoms with Gasteiger partial charge in [-0.25, -0.2) is 0 Å². The maximum atomic E-state index is 12.4. The summed E-state index contributed by atoms with van der Waals surface area (Å²) < 4.78 is 29.7. The molecule has 1 aromatic rings. The second-order valence-corrected chi connectivity index (χ2v) is 5.09. The highest BCUT2D eigenvalue weighted by Gasteiger charge is 2.16. The Labute approximate surface area is 119 Å². The van der Waals surface area contributed by atoms with Gasteiger partial charge in [0.05, 0.1) is 10.2 Å². The van der Waals surface area contributed by atoms with Crippen LogP contribution in [0.2, 0.25) is 5.02 Å². The minimum absolute atomic E-state index is 0.0845. The van der Waals surface area contributed by atoms with Gasteiger partial charge in [-0.1, -0.05) is 25.4 Å². The number of ether oxygens (including phenoxy) is 1. The second kappa shape index (κ2) is 7.14. The number of hydrogen-bond acceptors (Lipinski definition) is 2. The quantitative estimate of drug-likeness (QED) is 0.757. The lowest BCUT2D eigenvalue weighted by atomic mass is 10.1. The number of anilines is 1. The molecule has 0 unspecified atom stereocenters. The molecule has 0 fully saturated rings. The van der Waals surface area contributed by atoms with Crippen LogP contribution in [0.25, 0.3) is 0 Å². The SMILES string of the molecule is CCC(CC)Nc1cc(Cl)cc(Br)c1OC(F)F. The van der Waals surface area contributed by atoms with Crippen molar-refractivity contribution in [3.8, 4) is 5.75 Å². The maximum absolute atomic E-state index is 12.4. The van der Waals surface area contributed by atoms with Crippen molar-refractivity contribution in [3.63, 3.8) is 0 Å². The molecule has 0 amide bonds. The van der Waals surface area contributed by atoms with E-state index in [2.05, 4.69) is 26.0 Å². The summed E-state index contributed by atoms with van der Waals surface area (Å²) in [5, 5.41) is 3.62. The molecule has 0 aromatic heterocycles. The van der Waals surface area contributed by atoms with Crippen LogP contribution in [0.15, 0.2) is 16.6 Å². The van der Waals surface area contributed by atoms with Crippen molar-refractivity contribution in [2.75, 3.05) is 5.32 Å². The highest BCUT2D eigenvalue weighted by atomic mass is 79.9. The Bertz CT molecular complexity index is 400. The zero-order valence-corrected chi connectivity index (χ0v) is 12.5. The first-order valence-corrected chi connectivity index (χ1v) is 6.85. The largest absolute Gasteiger partial charge is 0.431 e. The Morgan fingerprint density at radius 1 is 1.33 bits per heavy atom. The van der Waals surface area contributed by atoms with Gasteiger partial charge in [-0.05, 0) is 40.9 Å². The normalized spacial score (nSPS) is 11.1. The summed E-state index contributed by atoms with van der Waals surface area (Å²) >= 11 is 9.09. The van der Waals surface area contributed by atoms with E-state index in [0.29, 0.717) is 15.2 Å². The molecule has 1 aromatic carbocycles. The number of benzene rings is 1. The summed E-state index contributed by atoms with van der Waals surface area (Å²) in [6.45, 7) is 1.17. The fourth-order valence-electron chi connectivity index (χ4n) is 1.59. The van der Waals surface area contributed by atoms with E-state index >= 15 is 0 Å². The van der Waals surface area contributed by atoms with Crippen LogP contribution in [-0.4, -0.2) is 12.7 Å². The molecule has 0 saturated heterocycles. The fraction of sp³-hybridized carbons (Fsp3) is 0.500. The van der Waals surface area contributed by atoms with E-state index in [0.717, 1.165) is 12.8 Å². The van der Waals surface area contributed by atoms with E-state index in [1.807, 2.05) is 13.8 Å². The summed E-state index contributed by atoms with van der Waals surface area (Å²) in [5.74, 6) is 0.0845.